The maximum absolute atomic E-state index is 4.92. The molecule has 0 aliphatic rings. The predicted octanol–water partition coefficient (Wildman–Crippen LogP) is 4.12. The fraction of sp³-hybridized carbons (Fsp3) is 0. The molecule has 2 aromatic heterocycles. The summed E-state index contributed by atoms with van der Waals surface area (Å²) in [6, 6.07) is 16.0. The fourth-order valence-electron chi connectivity index (χ4n) is 1.77. The van der Waals surface area contributed by atoms with Crippen LogP contribution in [-0.2, 0) is 0 Å². The zero-order valence-electron chi connectivity index (χ0n) is 11.0. The third kappa shape index (κ3) is 4.82. The monoisotopic (exact) mass is 375 g/mol. The van der Waals surface area contributed by atoms with Crippen LogP contribution in [0.3, 0.4) is 0 Å². The fourth-order valence-corrected chi connectivity index (χ4v) is 1.77. The van der Waals surface area contributed by atoms with Gasteiger partial charge in [0.25, 0.3) is 0 Å². The molecule has 4 aromatic rings. The summed E-state index contributed by atoms with van der Waals surface area (Å²) in [7, 11) is 9.84. The molecule has 0 saturated carbocycles. The quantitative estimate of drug-likeness (QED) is 0.453. The third-order valence-corrected chi connectivity index (χ3v) is 2.70. The SMILES string of the molecule is [Cl][Ga-][Cl].c1ccc2[nH]ncc2c1.c1ccc2[nH]ncc2c1. The molecule has 106 valence electrons. The molecular weight excluding hydrogens is 365 g/mol. The first-order valence-corrected chi connectivity index (χ1v) is 12.5. The van der Waals surface area contributed by atoms with Crippen LogP contribution in [0.15, 0.2) is 60.9 Å². The van der Waals surface area contributed by atoms with E-state index in [2.05, 4.69) is 20.4 Å². The van der Waals surface area contributed by atoms with Crippen molar-refractivity contribution in [3.63, 3.8) is 0 Å². The first-order valence-electron chi connectivity index (χ1n) is 6.13. The molecule has 0 amide bonds. The van der Waals surface area contributed by atoms with Crippen LogP contribution in [-0.4, -0.2) is 35.8 Å². The van der Waals surface area contributed by atoms with Crippen molar-refractivity contribution >= 4 is 56.5 Å². The molecular formula is C14H12Cl2GaN4-. The Morgan fingerprint density at radius 3 is 1.48 bits per heavy atom. The van der Waals surface area contributed by atoms with E-state index >= 15 is 0 Å². The van der Waals surface area contributed by atoms with Crippen molar-refractivity contribution < 1.29 is 0 Å². The zero-order chi connectivity index (χ0) is 14.9. The van der Waals surface area contributed by atoms with Crippen LogP contribution in [0, 0.1) is 0 Å². The van der Waals surface area contributed by atoms with Crippen LogP contribution < -0.4 is 0 Å². The first-order chi connectivity index (χ1) is 10.3. The number of nitrogens with zero attached hydrogens (tertiary/aromatic N) is 2. The molecule has 7 heteroatoms. The summed E-state index contributed by atoms with van der Waals surface area (Å²) in [5.41, 5.74) is 2.19. The number of benzene rings is 2. The second kappa shape index (κ2) is 8.79. The molecule has 2 radical (unpaired) electrons. The van der Waals surface area contributed by atoms with Crippen molar-refractivity contribution in [3.05, 3.63) is 60.9 Å². The smallest absolute Gasteiger partial charge is 0.0650 e. The van der Waals surface area contributed by atoms with Gasteiger partial charge in [0.2, 0.25) is 0 Å². The van der Waals surface area contributed by atoms with Gasteiger partial charge in [-0.3, -0.25) is 10.2 Å². The van der Waals surface area contributed by atoms with E-state index in [1.165, 1.54) is 0 Å². The maximum Gasteiger partial charge on any atom is 0.0650 e. The number of nitrogens with one attached hydrogen (secondary N) is 2. The van der Waals surface area contributed by atoms with E-state index in [0.717, 1.165) is 21.8 Å². The van der Waals surface area contributed by atoms with Crippen LogP contribution in [0.4, 0.5) is 0 Å². The van der Waals surface area contributed by atoms with E-state index in [4.69, 9.17) is 19.3 Å². The molecule has 0 fully saturated rings. The van der Waals surface area contributed by atoms with Gasteiger partial charge in [0.1, 0.15) is 0 Å². The third-order valence-electron chi connectivity index (χ3n) is 2.70. The number of H-pyrrole nitrogens is 2. The number of para-hydroxylation sites is 2. The molecule has 0 spiro atoms. The van der Waals surface area contributed by atoms with Crippen molar-refractivity contribution in [2.75, 3.05) is 0 Å². The van der Waals surface area contributed by atoms with Gasteiger partial charge < -0.3 is 0 Å². The number of rotatable bonds is 0. The Bertz CT molecular complexity index is 658. The van der Waals surface area contributed by atoms with Gasteiger partial charge in [0, 0.05) is 10.8 Å². The minimum Gasteiger partial charge on any atom is -0.278 e. The zero-order valence-corrected chi connectivity index (χ0v) is 14.9. The summed E-state index contributed by atoms with van der Waals surface area (Å²) >= 11 is -0.743. The summed E-state index contributed by atoms with van der Waals surface area (Å²) in [5, 5.41) is 15.8. The van der Waals surface area contributed by atoms with Gasteiger partial charge in [-0.15, -0.1) is 0 Å². The van der Waals surface area contributed by atoms with Gasteiger partial charge in [-0.05, 0) is 12.1 Å². The molecule has 0 bridgehead atoms. The average molecular weight is 377 g/mol. The summed E-state index contributed by atoms with van der Waals surface area (Å²) in [6.45, 7) is 0. The molecule has 4 nitrogen and oxygen atoms in total. The molecule has 4 rings (SSSR count). The average Bonchev–Trinajstić information content (AvgIpc) is 3.17. The molecule has 0 saturated heterocycles. The predicted molar refractivity (Wildman–Crippen MR) is 89.6 cm³/mol. The summed E-state index contributed by atoms with van der Waals surface area (Å²) in [6.07, 6.45) is 3.63. The number of aromatic amines is 2. The van der Waals surface area contributed by atoms with E-state index in [1.807, 2.05) is 60.9 Å². The molecule has 0 aliphatic carbocycles. The molecule has 21 heavy (non-hydrogen) atoms. The van der Waals surface area contributed by atoms with E-state index in [-0.39, 0.29) is 0 Å². The normalized spacial score (nSPS) is 9.62. The Kier molecular flexibility index (Phi) is 6.69. The molecule has 0 unspecified atom stereocenters. The molecule has 2 N–H and O–H groups in total. The van der Waals surface area contributed by atoms with Crippen molar-refractivity contribution in [2.24, 2.45) is 0 Å². The molecule has 0 atom stereocenters. The summed E-state index contributed by atoms with van der Waals surface area (Å²) < 4.78 is 0. The largest absolute Gasteiger partial charge is 0.278 e. The van der Waals surface area contributed by atoms with Gasteiger partial charge in [-0.25, -0.2) is 0 Å². The summed E-state index contributed by atoms with van der Waals surface area (Å²) in [4.78, 5) is 0. The summed E-state index contributed by atoms with van der Waals surface area (Å²) in [5.74, 6) is 0. The van der Waals surface area contributed by atoms with Gasteiger partial charge in [0.15, 0.2) is 0 Å². The second-order valence-electron chi connectivity index (χ2n) is 4.00. The topological polar surface area (TPSA) is 57.4 Å². The standard InChI is InChI=1S/2C7H6N2.2ClH.Ga/c2*1-2-4-7-6(3-1)5-8-9-7;;;/h2*1-5H,(H,8,9);2*1H;/q;;;;+1/p-2. The van der Waals surface area contributed by atoms with Crippen molar-refractivity contribution in [1.82, 2.24) is 20.4 Å². The van der Waals surface area contributed by atoms with Crippen molar-refractivity contribution in [1.29, 1.82) is 0 Å². The first kappa shape index (κ1) is 16.0. The number of aromatic nitrogens is 4. The van der Waals surface area contributed by atoms with Gasteiger partial charge in [0.05, 0.1) is 23.4 Å². The van der Waals surface area contributed by atoms with Crippen LogP contribution in [0.2, 0.25) is 0 Å². The minimum atomic E-state index is -0.743. The van der Waals surface area contributed by atoms with E-state index in [0.29, 0.717) is 0 Å². The van der Waals surface area contributed by atoms with Gasteiger partial charge in [-0.2, -0.15) is 10.2 Å². The number of halogens is 2. The van der Waals surface area contributed by atoms with Crippen LogP contribution in [0.1, 0.15) is 0 Å². The van der Waals surface area contributed by atoms with E-state index in [1.54, 1.807) is 0 Å². The minimum absolute atomic E-state index is 0.743. The van der Waals surface area contributed by atoms with Crippen LogP contribution >= 0.6 is 19.3 Å². The number of fused-ring (bicyclic) bond motifs is 2. The van der Waals surface area contributed by atoms with Gasteiger partial charge >= 0.3 is 34.7 Å². The van der Waals surface area contributed by atoms with Crippen LogP contribution in [0.5, 0.6) is 0 Å². The Hall–Kier alpha value is -1.40. The second-order valence-corrected chi connectivity index (χ2v) is 7.77. The Labute approximate surface area is 137 Å². The molecule has 2 aromatic carbocycles. The van der Waals surface area contributed by atoms with Crippen molar-refractivity contribution in [2.45, 2.75) is 0 Å². The van der Waals surface area contributed by atoms with E-state index in [9.17, 15) is 0 Å². The Morgan fingerprint density at radius 1 is 0.714 bits per heavy atom. The van der Waals surface area contributed by atoms with Crippen molar-refractivity contribution in [3.8, 4) is 0 Å². The Morgan fingerprint density at radius 2 is 1.10 bits per heavy atom. The van der Waals surface area contributed by atoms with Gasteiger partial charge in [-0.1, -0.05) is 36.4 Å². The number of hydrogen-bond acceptors (Lipinski definition) is 2. The maximum atomic E-state index is 4.92. The van der Waals surface area contributed by atoms with Crippen LogP contribution in [0.25, 0.3) is 21.8 Å². The number of hydrogen-bond donors (Lipinski definition) is 2. The molecule has 0 aliphatic heterocycles. The Balaban J connectivity index is 0.000000130. The van der Waals surface area contributed by atoms with E-state index < -0.39 is 15.4 Å². The molecule has 2 heterocycles.